The molecule has 0 spiro atoms. The van der Waals surface area contributed by atoms with Gasteiger partial charge in [0.1, 0.15) is 18.1 Å². The van der Waals surface area contributed by atoms with Crippen LogP contribution in [0.4, 0.5) is 27.8 Å². The summed E-state index contributed by atoms with van der Waals surface area (Å²) in [5.74, 6) is -0.729. The van der Waals surface area contributed by atoms with Crippen molar-refractivity contribution in [3.63, 3.8) is 0 Å². The van der Waals surface area contributed by atoms with Gasteiger partial charge in [-0.15, -0.1) is 4.80 Å². The summed E-state index contributed by atoms with van der Waals surface area (Å²) in [6.07, 6.45) is -5.85. The topological polar surface area (TPSA) is 98.1 Å². The number of hydrogen-bond acceptors (Lipinski definition) is 7. The third-order valence-electron chi connectivity index (χ3n) is 5.35. The second-order valence-electron chi connectivity index (χ2n) is 7.91. The standard InChI is InChI=1S/C21H20F5N7O2/c1-12-3-5-15(33-29-7-8-30-33)18(31-12)19(34)32-11-20(22,23)35-13(2)16(32)10-28-17-6-4-14(9-27-17)21(24,25)26/h3-9,13,16H,10-11H2,1-2H3,(H,27,28)/t13-,16+/m0/s1. The van der Waals surface area contributed by atoms with Crippen molar-refractivity contribution in [2.24, 2.45) is 0 Å². The van der Waals surface area contributed by atoms with Crippen molar-refractivity contribution < 1.29 is 31.5 Å². The number of nitrogens with one attached hydrogen (secondary N) is 1. The fourth-order valence-corrected chi connectivity index (χ4v) is 3.67. The van der Waals surface area contributed by atoms with Crippen molar-refractivity contribution in [3.05, 3.63) is 59.8 Å². The molecule has 1 saturated heterocycles. The molecule has 35 heavy (non-hydrogen) atoms. The maximum atomic E-state index is 14.3. The third-order valence-corrected chi connectivity index (χ3v) is 5.35. The minimum Gasteiger partial charge on any atom is -0.368 e. The third kappa shape index (κ3) is 5.37. The van der Waals surface area contributed by atoms with Gasteiger partial charge in [-0.25, -0.2) is 9.97 Å². The Morgan fingerprint density at radius 1 is 1.20 bits per heavy atom. The largest absolute Gasteiger partial charge is 0.417 e. The van der Waals surface area contributed by atoms with E-state index in [0.29, 0.717) is 11.9 Å². The van der Waals surface area contributed by atoms with Crippen LogP contribution in [0.2, 0.25) is 0 Å². The number of nitrogens with zero attached hydrogens (tertiary/aromatic N) is 6. The average Bonchev–Trinajstić information content (AvgIpc) is 3.31. The van der Waals surface area contributed by atoms with Crippen LogP contribution < -0.4 is 5.32 Å². The number of alkyl halides is 5. The Morgan fingerprint density at radius 3 is 2.54 bits per heavy atom. The summed E-state index contributed by atoms with van der Waals surface area (Å²) in [5.41, 5.74) is -0.395. The lowest BCUT2D eigenvalue weighted by atomic mass is 10.1. The molecule has 4 heterocycles. The van der Waals surface area contributed by atoms with E-state index in [0.717, 1.165) is 21.8 Å². The van der Waals surface area contributed by atoms with Crippen molar-refractivity contribution in [2.75, 3.05) is 18.4 Å². The van der Waals surface area contributed by atoms with Crippen molar-refractivity contribution in [1.29, 1.82) is 0 Å². The fourth-order valence-electron chi connectivity index (χ4n) is 3.67. The molecule has 0 radical (unpaired) electrons. The molecule has 2 atom stereocenters. The molecule has 1 aliphatic heterocycles. The number of halogens is 5. The Hall–Kier alpha value is -3.68. The van der Waals surface area contributed by atoms with Crippen molar-refractivity contribution in [3.8, 4) is 5.69 Å². The first-order chi connectivity index (χ1) is 16.4. The minimum absolute atomic E-state index is 0.0741. The van der Waals surface area contributed by atoms with E-state index in [4.69, 9.17) is 4.74 Å². The van der Waals surface area contributed by atoms with Crippen LogP contribution in [0.1, 0.15) is 28.7 Å². The van der Waals surface area contributed by atoms with Crippen LogP contribution >= 0.6 is 0 Å². The van der Waals surface area contributed by atoms with Crippen LogP contribution in [-0.2, 0) is 10.9 Å². The molecular weight excluding hydrogens is 477 g/mol. The van der Waals surface area contributed by atoms with Gasteiger partial charge in [-0.2, -0.15) is 32.1 Å². The molecule has 1 amide bonds. The van der Waals surface area contributed by atoms with Gasteiger partial charge in [-0.3, -0.25) is 4.79 Å². The van der Waals surface area contributed by atoms with Crippen LogP contribution in [0, 0.1) is 6.92 Å². The summed E-state index contributed by atoms with van der Waals surface area (Å²) in [4.78, 5) is 23.6. The predicted molar refractivity (Wildman–Crippen MR) is 112 cm³/mol. The van der Waals surface area contributed by atoms with Crippen molar-refractivity contribution >= 4 is 11.7 Å². The smallest absolute Gasteiger partial charge is 0.368 e. The summed E-state index contributed by atoms with van der Waals surface area (Å²) in [6.45, 7) is 1.84. The number of anilines is 1. The number of pyridine rings is 2. The monoisotopic (exact) mass is 497 g/mol. The first kappa shape index (κ1) is 24.4. The molecule has 0 saturated carbocycles. The summed E-state index contributed by atoms with van der Waals surface area (Å²) in [7, 11) is 0. The van der Waals surface area contributed by atoms with Crippen LogP contribution in [0.25, 0.3) is 5.69 Å². The molecule has 0 bridgehead atoms. The number of carbonyl (C=O) groups excluding carboxylic acids is 1. The zero-order chi connectivity index (χ0) is 25.4. The van der Waals surface area contributed by atoms with Gasteiger partial charge in [0.05, 0.1) is 30.1 Å². The zero-order valence-corrected chi connectivity index (χ0v) is 18.5. The van der Waals surface area contributed by atoms with Gasteiger partial charge >= 0.3 is 12.3 Å². The maximum absolute atomic E-state index is 14.3. The Morgan fingerprint density at radius 2 is 1.91 bits per heavy atom. The molecule has 14 heteroatoms. The summed E-state index contributed by atoms with van der Waals surface area (Å²) in [5, 5.41) is 10.8. The van der Waals surface area contributed by atoms with Gasteiger partial charge in [0.15, 0.2) is 5.69 Å². The average molecular weight is 497 g/mol. The van der Waals surface area contributed by atoms with E-state index in [9.17, 15) is 26.7 Å². The quantitative estimate of drug-likeness (QED) is 0.540. The first-order valence-electron chi connectivity index (χ1n) is 10.4. The van der Waals surface area contributed by atoms with Gasteiger partial charge in [0, 0.05) is 18.4 Å². The van der Waals surface area contributed by atoms with E-state index in [1.54, 1.807) is 19.1 Å². The number of carbonyl (C=O) groups is 1. The first-order valence-corrected chi connectivity index (χ1v) is 10.4. The van der Waals surface area contributed by atoms with Crippen LogP contribution in [0.5, 0.6) is 0 Å². The molecule has 0 aliphatic carbocycles. The number of morpholine rings is 1. The van der Waals surface area contributed by atoms with Crippen molar-refractivity contribution in [1.82, 2.24) is 29.9 Å². The van der Waals surface area contributed by atoms with E-state index in [-0.39, 0.29) is 23.7 Å². The highest BCUT2D eigenvalue weighted by Gasteiger charge is 2.48. The number of ether oxygens (including phenoxy) is 1. The highest BCUT2D eigenvalue weighted by atomic mass is 19.4. The molecule has 3 aromatic rings. The number of rotatable bonds is 5. The zero-order valence-electron chi connectivity index (χ0n) is 18.5. The fraction of sp³-hybridized carbons (Fsp3) is 0.381. The predicted octanol–water partition coefficient (Wildman–Crippen LogP) is 3.32. The lowest BCUT2D eigenvalue weighted by Gasteiger charge is -2.43. The summed E-state index contributed by atoms with van der Waals surface area (Å²) < 4.78 is 71.8. The SMILES string of the molecule is Cc1ccc(-n2nccn2)c(C(=O)N2CC(F)(F)O[C@@H](C)[C@H]2CNc2ccc(C(F)(F)F)cn2)n1. The normalized spacial score (nSPS) is 20.0. The van der Waals surface area contributed by atoms with E-state index in [1.165, 1.54) is 19.3 Å². The Labute approximate surface area is 195 Å². The molecule has 1 N–H and O–H groups in total. The second kappa shape index (κ2) is 9.17. The Kier molecular flexibility index (Phi) is 6.40. The second-order valence-corrected chi connectivity index (χ2v) is 7.91. The van der Waals surface area contributed by atoms with E-state index < -0.39 is 42.4 Å². The lowest BCUT2D eigenvalue weighted by Crippen LogP contribution is -2.61. The van der Waals surface area contributed by atoms with Crippen LogP contribution in [0.15, 0.2) is 42.9 Å². The highest BCUT2D eigenvalue weighted by Crippen LogP contribution is 2.31. The minimum atomic E-state index is -4.55. The number of amides is 1. The molecule has 4 rings (SSSR count). The number of aryl methyl sites for hydroxylation is 1. The summed E-state index contributed by atoms with van der Waals surface area (Å²) >= 11 is 0. The lowest BCUT2D eigenvalue weighted by molar-refractivity contribution is -0.298. The number of aromatic nitrogens is 5. The molecule has 9 nitrogen and oxygen atoms in total. The molecule has 0 aromatic carbocycles. The summed E-state index contributed by atoms with van der Waals surface area (Å²) in [6, 6.07) is 4.21. The van der Waals surface area contributed by atoms with Gasteiger partial charge < -0.3 is 15.0 Å². The molecule has 1 fully saturated rings. The van der Waals surface area contributed by atoms with Gasteiger partial charge in [-0.1, -0.05) is 0 Å². The van der Waals surface area contributed by atoms with E-state index in [2.05, 4.69) is 25.5 Å². The van der Waals surface area contributed by atoms with Gasteiger partial charge in [-0.05, 0) is 38.1 Å². The maximum Gasteiger partial charge on any atom is 0.417 e. The van der Waals surface area contributed by atoms with Crippen molar-refractivity contribution in [2.45, 2.75) is 38.3 Å². The molecule has 0 unspecified atom stereocenters. The van der Waals surface area contributed by atoms with Gasteiger partial charge in [0.2, 0.25) is 0 Å². The molecular formula is C21H20F5N7O2. The van der Waals surface area contributed by atoms with E-state index in [1.807, 2.05) is 0 Å². The van der Waals surface area contributed by atoms with Crippen LogP contribution in [-0.4, -0.2) is 67.1 Å². The van der Waals surface area contributed by atoms with E-state index >= 15 is 0 Å². The van der Waals surface area contributed by atoms with Gasteiger partial charge in [0.25, 0.3) is 5.91 Å². The number of hydrogen-bond donors (Lipinski definition) is 1. The molecule has 3 aromatic heterocycles. The highest BCUT2D eigenvalue weighted by molar-refractivity contribution is 5.96. The van der Waals surface area contributed by atoms with Crippen LogP contribution in [0.3, 0.4) is 0 Å². The molecule has 1 aliphatic rings. The Balaban J connectivity index is 1.61. The molecule has 186 valence electrons. The Bertz CT molecular complexity index is 1190.